The van der Waals surface area contributed by atoms with Crippen LogP contribution < -0.4 is 15.2 Å². The molecule has 0 aliphatic heterocycles. The van der Waals surface area contributed by atoms with Crippen molar-refractivity contribution >= 4 is 34.4 Å². The number of benzene rings is 2. The summed E-state index contributed by atoms with van der Waals surface area (Å²) in [6.45, 7) is 7.38. The van der Waals surface area contributed by atoms with Crippen molar-refractivity contribution in [1.29, 1.82) is 0 Å². The molecule has 0 atom stereocenters. The quantitative estimate of drug-likeness (QED) is 0.391. The first kappa shape index (κ1) is 24.3. The summed E-state index contributed by atoms with van der Waals surface area (Å²) in [4.78, 5) is 20.9. The molecule has 2 heterocycles. The van der Waals surface area contributed by atoms with Crippen molar-refractivity contribution in [3.05, 3.63) is 59.1 Å². The van der Waals surface area contributed by atoms with Crippen molar-refractivity contribution in [2.75, 3.05) is 12.8 Å². The number of halogens is 1. The van der Waals surface area contributed by atoms with E-state index in [1.807, 2.05) is 25.1 Å². The second kappa shape index (κ2) is 9.42. The van der Waals surface area contributed by atoms with E-state index in [-0.39, 0.29) is 12.4 Å². The van der Waals surface area contributed by atoms with Crippen LogP contribution in [0.25, 0.3) is 22.0 Å². The lowest BCUT2D eigenvalue weighted by atomic mass is 9.96. The van der Waals surface area contributed by atoms with E-state index in [2.05, 4.69) is 15.1 Å². The van der Waals surface area contributed by atoms with E-state index >= 15 is 0 Å². The molecule has 0 bridgehead atoms. The number of hydrogen-bond acceptors (Lipinski definition) is 8. The Balaban J connectivity index is 1.77. The van der Waals surface area contributed by atoms with Gasteiger partial charge in [-0.1, -0.05) is 23.7 Å². The number of methoxy groups -OCH3 is 1. The highest BCUT2D eigenvalue weighted by Crippen LogP contribution is 2.44. The predicted molar refractivity (Wildman–Crippen MR) is 134 cm³/mol. The van der Waals surface area contributed by atoms with Gasteiger partial charge in [-0.25, -0.2) is 14.8 Å². The monoisotopic (exact) mass is 495 g/mol. The molecule has 0 aliphatic rings. The molecule has 0 amide bonds. The Morgan fingerprint density at radius 2 is 1.94 bits per heavy atom. The molecule has 0 saturated heterocycles. The Labute approximate surface area is 207 Å². The fourth-order valence-electron chi connectivity index (χ4n) is 3.63. The normalized spacial score (nSPS) is 11.5. The third-order valence-electron chi connectivity index (χ3n) is 5.23. The van der Waals surface area contributed by atoms with Crippen LogP contribution in [0.5, 0.6) is 11.5 Å². The van der Waals surface area contributed by atoms with Gasteiger partial charge in [-0.3, -0.25) is 0 Å². The summed E-state index contributed by atoms with van der Waals surface area (Å²) in [7, 11) is 1.54. The standard InChI is InChI=1S/C25H26ClN5O4/c1-14-16(7-6-8-17(14)26)20-19(11-18(33-5)21-22(20)28-13-29-23(21)27)34-12-15-9-10-31(30-15)24(32)35-25(2,3)4/h6-11,13H,12H2,1-5H3,(H2,27,28,29). The van der Waals surface area contributed by atoms with Crippen LogP contribution >= 0.6 is 11.6 Å². The largest absolute Gasteiger partial charge is 0.496 e. The van der Waals surface area contributed by atoms with Gasteiger partial charge in [0.05, 0.1) is 23.6 Å². The number of hydrogen-bond donors (Lipinski definition) is 1. The van der Waals surface area contributed by atoms with Crippen LogP contribution in [0, 0.1) is 6.92 Å². The zero-order valence-corrected chi connectivity index (χ0v) is 20.9. The summed E-state index contributed by atoms with van der Waals surface area (Å²) >= 11 is 6.43. The van der Waals surface area contributed by atoms with E-state index in [1.165, 1.54) is 19.6 Å². The minimum absolute atomic E-state index is 0.0810. The number of rotatable bonds is 5. The minimum atomic E-state index is -0.630. The molecule has 2 aromatic carbocycles. The number of anilines is 1. The maximum Gasteiger partial charge on any atom is 0.435 e. The Hall–Kier alpha value is -3.85. The Bertz CT molecular complexity index is 1410. The first-order valence-electron chi connectivity index (χ1n) is 10.9. The molecule has 0 aliphatic carbocycles. The molecule has 9 nitrogen and oxygen atoms in total. The summed E-state index contributed by atoms with van der Waals surface area (Å²) < 4.78 is 18.3. The Morgan fingerprint density at radius 3 is 2.66 bits per heavy atom. The van der Waals surface area contributed by atoms with Crippen LogP contribution in [0.4, 0.5) is 10.6 Å². The van der Waals surface area contributed by atoms with E-state index in [4.69, 9.17) is 31.5 Å². The molecule has 182 valence electrons. The number of aromatic nitrogens is 4. The van der Waals surface area contributed by atoms with Crippen LogP contribution in [-0.4, -0.2) is 38.6 Å². The highest BCUT2D eigenvalue weighted by molar-refractivity contribution is 6.31. The van der Waals surface area contributed by atoms with Gasteiger partial charge in [-0.2, -0.15) is 9.78 Å². The Morgan fingerprint density at radius 1 is 1.17 bits per heavy atom. The van der Waals surface area contributed by atoms with Crippen molar-refractivity contribution < 1.29 is 19.0 Å². The summed E-state index contributed by atoms with van der Waals surface area (Å²) in [6, 6.07) is 9.04. The second-order valence-corrected chi connectivity index (χ2v) is 9.27. The summed E-state index contributed by atoms with van der Waals surface area (Å²) in [5.74, 6) is 1.25. The SMILES string of the molecule is COc1cc(OCc2ccn(C(=O)OC(C)(C)C)n2)c(-c2cccc(Cl)c2C)c2ncnc(N)c12. The molecule has 35 heavy (non-hydrogen) atoms. The van der Waals surface area contributed by atoms with Gasteiger partial charge >= 0.3 is 6.09 Å². The van der Waals surface area contributed by atoms with E-state index in [9.17, 15) is 4.79 Å². The van der Waals surface area contributed by atoms with Crippen molar-refractivity contribution in [2.24, 2.45) is 0 Å². The van der Waals surface area contributed by atoms with Gasteiger partial charge in [0.2, 0.25) is 0 Å². The number of ether oxygens (including phenoxy) is 3. The number of carbonyl (C=O) groups is 1. The van der Waals surface area contributed by atoms with Gasteiger partial charge in [0.15, 0.2) is 0 Å². The number of nitrogens with zero attached hydrogens (tertiary/aromatic N) is 4. The third kappa shape index (κ3) is 5.00. The van der Waals surface area contributed by atoms with Gasteiger partial charge in [0.25, 0.3) is 0 Å². The summed E-state index contributed by atoms with van der Waals surface area (Å²) in [5, 5.41) is 5.46. The molecule has 0 saturated carbocycles. The fourth-order valence-corrected chi connectivity index (χ4v) is 3.80. The van der Waals surface area contributed by atoms with E-state index in [0.717, 1.165) is 15.8 Å². The average Bonchev–Trinajstić information content (AvgIpc) is 3.27. The Kier molecular flexibility index (Phi) is 6.53. The lowest BCUT2D eigenvalue weighted by Gasteiger charge is -2.19. The van der Waals surface area contributed by atoms with Gasteiger partial charge in [0, 0.05) is 17.3 Å². The molecule has 0 unspecified atom stereocenters. The van der Waals surface area contributed by atoms with Crippen molar-refractivity contribution in [3.8, 4) is 22.6 Å². The maximum absolute atomic E-state index is 12.3. The second-order valence-electron chi connectivity index (χ2n) is 8.87. The molecule has 10 heteroatoms. The fraction of sp³-hybridized carbons (Fsp3) is 0.280. The molecular weight excluding hydrogens is 470 g/mol. The topological polar surface area (TPSA) is 114 Å². The first-order valence-corrected chi connectivity index (χ1v) is 11.2. The molecule has 4 aromatic rings. The van der Waals surface area contributed by atoms with E-state index < -0.39 is 11.7 Å². The lowest BCUT2D eigenvalue weighted by molar-refractivity contribution is 0.0513. The molecule has 4 rings (SSSR count). The summed E-state index contributed by atoms with van der Waals surface area (Å²) in [5.41, 5.74) is 9.04. The molecule has 0 spiro atoms. The molecule has 0 fully saturated rings. The van der Waals surface area contributed by atoms with Gasteiger partial charge in [-0.05, 0) is 51.0 Å². The lowest BCUT2D eigenvalue weighted by Crippen LogP contribution is -2.27. The van der Waals surface area contributed by atoms with E-state index in [0.29, 0.717) is 38.7 Å². The average molecular weight is 496 g/mol. The number of carbonyl (C=O) groups excluding carboxylic acids is 1. The summed E-state index contributed by atoms with van der Waals surface area (Å²) in [6.07, 6.45) is 2.36. The first-order chi connectivity index (χ1) is 16.6. The predicted octanol–water partition coefficient (Wildman–Crippen LogP) is 5.41. The highest BCUT2D eigenvalue weighted by atomic mass is 35.5. The van der Waals surface area contributed by atoms with Crippen LogP contribution in [0.3, 0.4) is 0 Å². The molecule has 2 aromatic heterocycles. The molecule has 2 N–H and O–H groups in total. The van der Waals surface area contributed by atoms with Crippen LogP contribution in [0.1, 0.15) is 32.0 Å². The van der Waals surface area contributed by atoms with Crippen LogP contribution in [-0.2, 0) is 11.3 Å². The molecular formula is C25H26ClN5O4. The van der Waals surface area contributed by atoms with Crippen molar-refractivity contribution in [3.63, 3.8) is 0 Å². The number of nitrogen functional groups attached to an aromatic ring is 1. The van der Waals surface area contributed by atoms with Gasteiger partial charge in [-0.15, -0.1) is 0 Å². The minimum Gasteiger partial charge on any atom is -0.496 e. The highest BCUT2D eigenvalue weighted by Gasteiger charge is 2.22. The number of nitrogens with two attached hydrogens (primary N) is 1. The molecule has 0 radical (unpaired) electrons. The van der Waals surface area contributed by atoms with Crippen LogP contribution in [0.2, 0.25) is 5.02 Å². The van der Waals surface area contributed by atoms with Gasteiger partial charge < -0.3 is 19.9 Å². The smallest absolute Gasteiger partial charge is 0.435 e. The van der Waals surface area contributed by atoms with Crippen molar-refractivity contribution in [2.45, 2.75) is 39.9 Å². The number of fused-ring (bicyclic) bond motifs is 1. The van der Waals surface area contributed by atoms with Crippen molar-refractivity contribution in [1.82, 2.24) is 19.7 Å². The maximum atomic E-state index is 12.3. The van der Waals surface area contributed by atoms with E-state index in [1.54, 1.807) is 32.9 Å². The van der Waals surface area contributed by atoms with Crippen LogP contribution in [0.15, 0.2) is 42.9 Å². The zero-order chi connectivity index (χ0) is 25.3. The third-order valence-corrected chi connectivity index (χ3v) is 5.64. The van der Waals surface area contributed by atoms with Gasteiger partial charge in [0.1, 0.15) is 41.5 Å². The zero-order valence-electron chi connectivity index (χ0n) is 20.1.